The van der Waals surface area contributed by atoms with E-state index in [4.69, 9.17) is 30.5 Å². The molecule has 0 aromatic heterocycles. The van der Waals surface area contributed by atoms with E-state index in [0.717, 1.165) is 0 Å². The average molecular weight is 367 g/mol. The van der Waals surface area contributed by atoms with Gasteiger partial charge in [-0.05, 0) is 6.92 Å². The molecule has 0 amide bonds. The maximum absolute atomic E-state index is 13.4. The van der Waals surface area contributed by atoms with Gasteiger partial charge in [0.1, 0.15) is 22.1 Å². The first-order chi connectivity index (χ1) is 11.8. The molecule has 1 spiro atoms. The lowest BCUT2D eigenvalue weighted by molar-refractivity contribution is -0.118. The van der Waals surface area contributed by atoms with Crippen LogP contribution in [0.1, 0.15) is 29.3 Å². The minimum atomic E-state index is -1.43. The molecule has 25 heavy (non-hydrogen) atoms. The molecule has 134 valence electrons. The van der Waals surface area contributed by atoms with E-state index in [1.54, 1.807) is 13.8 Å². The Hall–Kier alpha value is -2.21. The lowest BCUT2D eigenvalue weighted by atomic mass is 9.75. The van der Waals surface area contributed by atoms with Crippen molar-refractivity contribution in [2.75, 3.05) is 21.3 Å². The summed E-state index contributed by atoms with van der Waals surface area (Å²) >= 11 is 6.44. The molecule has 1 aliphatic heterocycles. The second kappa shape index (κ2) is 5.95. The Kier molecular flexibility index (Phi) is 4.19. The van der Waals surface area contributed by atoms with Crippen LogP contribution in [0.4, 0.5) is 0 Å². The quantitative estimate of drug-likeness (QED) is 0.818. The first-order valence-electron chi connectivity index (χ1n) is 7.80. The summed E-state index contributed by atoms with van der Waals surface area (Å²) in [5, 5.41) is 0.195. The number of benzene rings is 1. The molecular weight excluding hydrogens is 348 g/mol. The standard InChI is InChI=1S/C18H19ClO6/c1-8-6-10(20)7-11(22-3)18(8)17(21)12-14(23-4)9(2)15(24-5)13(19)16(12)25-18/h7-8H,6H2,1-5H3/t8-,18+/m1/s1. The van der Waals surface area contributed by atoms with Gasteiger partial charge in [0.25, 0.3) is 0 Å². The fraction of sp³-hybridized carbons (Fsp3) is 0.444. The van der Waals surface area contributed by atoms with Crippen molar-refractivity contribution in [3.8, 4) is 17.2 Å². The summed E-state index contributed by atoms with van der Waals surface area (Å²) in [5.41, 5.74) is -0.582. The van der Waals surface area contributed by atoms with Gasteiger partial charge in [-0.25, -0.2) is 0 Å². The van der Waals surface area contributed by atoms with Gasteiger partial charge in [-0.2, -0.15) is 0 Å². The van der Waals surface area contributed by atoms with Crippen LogP contribution in [0, 0.1) is 12.8 Å². The van der Waals surface area contributed by atoms with Crippen molar-refractivity contribution in [2.45, 2.75) is 25.9 Å². The van der Waals surface area contributed by atoms with Gasteiger partial charge in [-0.1, -0.05) is 18.5 Å². The number of ketones is 2. The Balaban J connectivity index is 2.31. The zero-order chi connectivity index (χ0) is 18.5. The SMILES string of the molecule is COC1=CC(=O)C[C@@H](C)[C@]12Oc1c(Cl)c(OC)c(C)c(OC)c1C2=O. The number of carbonyl (C=O) groups is 2. The van der Waals surface area contributed by atoms with Crippen LogP contribution >= 0.6 is 11.6 Å². The van der Waals surface area contributed by atoms with Crippen molar-refractivity contribution in [3.63, 3.8) is 0 Å². The number of ether oxygens (including phenoxy) is 4. The average Bonchev–Trinajstić information content (AvgIpc) is 2.87. The van der Waals surface area contributed by atoms with Gasteiger partial charge in [-0.3, -0.25) is 9.59 Å². The first kappa shape index (κ1) is 17.6. The normalized spacial score (nSPS) is 24.7. The maximum Gasteiger partial charge on any atom is 0.231 e. The molecule has 3 rings (SSSR count). The molecule has 1 heterocycles. The van der Waals surface area contributed by atoms with Crippen molar-refractivity contribution < 1.29 is 28.5 Å². The molecule has 0 saturated heterocycles. The summed E-state index contributed by atoms with van der Waals surface area (Å²) in [6, 6.07) is 0. The molecule has 2 atom stereocenters. The van der Waals surface area contributed by atoms with Crippen LogP contribution < -0.4 is 14.2 Å². The molecule has 0 N–H and O–H groups in total. The van der Waals surface area contributed by atoms with Crippen molar-refractivity contribution in [3.05, 3.63) is 28.0 Å². The number of fused-ring (bicyclic) bond motifs is 1. The summed E-state index contributed by atoms with van der Waals surface area (Å²) in [7, 11) is 4.35. The number of carbonyl (C=O) groups excluding carboxylic acids is 2. The highest BCUT2D eigenvalue weighted by atomic mass is 35.5. The summed E-state index contributed by atoms with van der Waals surface area (Å²) in [6.07, 6.45) is 1.48. The molecule has 1 aromatic rings. The molecule has 2 aliphatic rings. The number of hydrogen-bond acceptors (Lipinski definition) is 6. The van der Waals surface area contributed by atoms with Gasteiger partial charge in [0.05, 0.1) is 21.3 Å². The Morgan fingerprint density at radius 1 is 1.16 bits per heavy atom. The van der Waals surface area contributed by atoms with Crippen LogP contribution in [-0.4, -0.2) is 38.5 Å². The second-order valence-corrected chi connectivity index (χ2v) is 6.54. The van der Waals surface area contributed by atoms with Crippen LogP contribution in [0.3, 0.4) is 0 Å². The zero-order valence-electron chi connectivity index (χ0n) is 14.7. The van der Waals surface area contributed by atoms with Crippen molar-refractivity contribution in [2.24, 2.45) is 5.92 Å². The minimum absolute atomic E-state index is 0.117. The fourth-order valence-corrected chi connectivity index (χ4v) is 4.01. The first-order valence-corrected chi connectivity index (χ1v) is 8.18. The topological polar surface area (TPSA) is 71.1 Å². The largest absolute Gasteiger partial charge is 0.496 e. The zero-order valence-corrected chi connectivity index (χ0v) is 15.4. The second-order valence-electron chi connectivity index (χ2n) is 6.16. The van der Waals surface area contributed by atoms with Gasteiger partial charge < -0.3 is 18.9 Å². The molecule has 0 fully saturated rings. The number of halogens is 1. The van der Waals surface area contributed by atoms with Crippen LogP contribution in [-0.2, 0) is 9.53 Å². The van der Waals surface area contributed by atoms with Crippen LogP contribution in [0.5, 0.6) is 17.2 Å². The molecule has 0 bridgehead atoms. The number of hydrogen-bond donors (Lipinski definition) is 0. The Morgan fingerprint density at radius 3 is 2.36 bits per heavy atom. The highest BCUT2D eigenvalue weighted by Crippen LogP contribution is 2.55. The monoisotopic (exact) mass is 366 g/mol. The third kappa shape index (κ3) is 2.16. The van der Waals surface area contributed by atoms with Gasteiger partial charge in [0.2, 0.25) is 11.4 Å². The number of rotatable bonds is 3. The summed E-state index contributed by atoms with van der Waals surface area (Å²) in [6.45, 7) is 3.53. The number of allylic oxidation sites excluding steroid dienone is 1. The van der Waals surface area contributed by atoms with E-state index < -0.39 is 11.5 Å². The maximum atomic E-state index is 13.4. The number of methoxy groups -OCH3 is 3. The Bertz CT molecular complexity index is 813. The predicted molar refractivity (Wildman–Crippen MR) is 90.9 cm³/mol. The summed E-state index contributed by atoms with van der Waals surface area (Å²) in [5.74, 6) is 0.214. The van der Waals surface area contributed by atoms with Crippen molar-refractivity contribution >= 4 is 23.2 Å². The van der Waals surface area contributed by atoms with Crippen LogP contribution in [0.2, 0.25) is 5.02 Å². The molecule has 0 saturated carbocycles. The highest BCUT2D eigenvalue weighted by Gasteiger charge is 2.60. The third-order valence-corrected chi connectivity index (χ3v) is 5.19. The van der Waals surface area contributed by atoms with Crippen molar-refractivity contribution in [1.82, 2.24) is 0 Å². The Morgan fingerprint density at radius 2 is 1.80 bits per heavy atom. The van der Waals surface area contributed by atoms with E-state index in [2.05, 4.69) is 0 Å². The van der Waals surface area contributed by atoms with Crippen molar-refractivity contribution in [1.29, 1.82) is 0 Å². The van der Waals surface area contributed by atoms with E-state index in [0.29, 0.717) is 17.1 Å². The molecule has 7 heteroatoms. The van der Waals surface area contributed by atoms with Crippen LogP contribution in [0.25, 0.3) is 0 Å². The summed E-state index contributed by atoms with van der Waals surface area (Å²) < 4.78 is 22.2. The van der Waals surface area contributed by atoms with E-state index in [1.807, 2.05) is 0 Å². The number of Topliss-reactive ketones (excluding diaryl/α,β-unsaturated/α-hetero) is 1. The molecule has 0 unspecified atom stereocenters. The van der Waals surface area contributed by atoms with Gasteiger partial charge in [0.15, 0.2) is 17.3 Å². The van der Waals surface area contributed by atoms with E-state index in [9.17, 15) is 9.59 Å². The van der Waals surface area contributed by atoms with Gasteiger partial charge in [-0.15, -0.1) is 0 Å². The van der Waals surface area contributed by atoms with E-state index in [-0.39, 0.29) is 40.1 Å². The molecule has 1 aliphatic carbocycles. The third-order valence-electron chi connectivity index (χ3n) is 4.85. The predicted octanol–water partition coefficient (Wildman–Crippen LogP) is 3.12. The van der Waals surface area contributed by atoms with Crippen LogP contribution in [0.15, 0.2) is 11.8 Å². The lowest BCUT2D eigenvalue weighted by Gasteiger charge is -2.36. The fourth-order valence-electron chi connectivity index (χ4n) is 3.66. The Labute approximate surface area is 150 Å². The van der Waals surface area contributed by atoms with E-state index >= 15 is 0 Å². The van der Waals surface area contributed by atoms with E-state index in [1.165, 1.54) is 27.4 Å². The highest BCUT2D eigenvalue weighted by molar-refractivity contribution is 6.35. The molecule has 0 radical (unpaired) electrons. The minimum Gasteiger partial charge on any atom is -0.496 e. The van der Waals surface area contributed by atoms with Gasteiger partial charge >= 0.3 is 0 Å². The summed E-state index contributed by atoms with van der Waals surface area (Å²) in [4.78, 5) is 25.3. The molecule has 1 aromatic carbocycles. The molecular formula is C18H19ClO6. The lowest BCUT2D eigenvalue weighted by Crippen LogP contribution is -2.51. The smallest absolute Gasteiger partial charge is 0.231 e. The molecule has 6 nitrogen and oxygen atoms in total. The van der Waals surface area contributed by atoms with Gasteiger partial charge in [0, 0.05) is 24.0 Å².